The third-order valence-corrected chi connectivity index (χ3v) is 6.65. The molecule has 4 aromatic rings. The topological polar surface area (TPSA) is 74.5 Å². The van der Waals surface area contributed by atoms with Gasteiger partial charge in [-0.3, -0.25) is 9.48 Å². The van der Waals surface area contributed by atoms with Crippen molar-refractivity contribution in [2.24, 2.45) is 7.05 Å². The molecule has 0 unspecified atom stereocenters. The molecule has 31 heavy (non-hydrogen) atoms. The van der Waals surface area contributed by atoms with Crippen molar-refractivity contribution in [2.45, 2.75) is 6.92 Å². The molecule has 7 nitrogen and oxygen atoms in total. The van der Waals surface area contributed by atoms with Gasteiger partial charge < -0.3 is 14.9 Å². The molecule has 3 aromatic heterocycles. The van der Waals surface area contributed by atoms with E-state index in [9.17, 15) is 9.90 Å². The second-order valence-electron chi connectivity index (χ2n) is 7.74. The van der Waals surface area contributed by atoms with Gasteiger partial charge in [0.05, 0.1) is 27.2 Å². The summed E-state index contributed by atoms with van der Waals surface area (Å²) in [5.74, 6) is 0.277. The predicted molar refractivity (Wildman–Crippen MR) is 123 cm³/mol. The van der Waals surface area contributed by atoms with Gasteiger partial charge in [0.1, 0.15) is 5.75 Å². The molecule has 1 amide bonds. The molecular formula is C23H23N5O2S. The van der Waals surface area contributed by atoms with Crippen molar-refractivity contribution in [1.29, 1.82) is 0 Å². The number of piperazine rings is 1. The summed E-state index contributed by atoms with van der Waals surface area (Å²) in [5.41, 5.74) is 4.07. The summed E-state index contributed by atoms with van der Waals surface area (Å²) in [7, 11) is 1.87. The molecule has 0 saturated carbocycles. The molecule has 0 atom stereocenters. The molecular weight excluding hydrogens is 410 g/mol. The van der Waals surface area contributed by atoms with Crippen LogP contribution in [0.1, 0.15) is 16.1 Å². The number of aromatic nitrogens is 3. The highest BCUT2D eigenvalue weighted by molar-refractivity contribution is 7.13. The number of amides is 1. The van der Waals surface area contributed by atoms with E-state index in [2.05, 4.69) is 10.00 Å². The molecule has 4 heterocycles. The smallest absolute Gasteiger partial charge is 0.254 e. The number of hydrogen-bond acceptors (Lipinski definition) is 6. The number of pyridine rings is 1. The van der Waals surface area contributed by atoms with Gasteiger partial charge in [-0.25, -0.2) is 4.98 Å². The van der Waals surface area contributed by atoms with Crippen LogP contribution in [0, 0.1) is 6.92 Å². The quantitative estimate of drug-likeness (QED) is 0.534. The molecule has 0 aliphatic carbocycles. The number of phenols is 1. The Balaban J connectivity index is 1.45. The molecule has 5 rings (SSSR count). The van der Waals surface area contributed by atoms with Crippen molar-refractivity contribution in [3.05, 3.63) is 59.1 Å². The zero-order valence-corrected chi connectivity index (χ0v) is 18.3. The highest BCUT2D eigenvalue weighted by Gasteiger charge is 2.26. The van der Waals surface area contributed by atoms with Crippen LogP contribution in [0.15, 0.2) is 47.8 Å². The maximum absolute atomic E-state index is 13.6. The minimum absolute atomic E-state index is 0.0201. The Kier molecular flexibility index (Phi) is 4.86. The van der Waals surface area contributed by atoms with Crippen LogP contribution in [0.5, 0.6) is 5.75 Å². The number of carbonyl (C=O) groups excluding carboxylic acids is 1. The van der Waals surface area contributed by atoms with E-state index in [1.165, 1.54) is 0 Å². The monoisotopic (exact) mass is 433 g/mol. The molecule has 1 aromatic carbocycles. The van der Waals surface area contributed by atoms with Crippen molar-refractivity contribution in [2.75, 3.05) is 31.1 Å². The van der Waals surface area contributed by atoms with E-state index in [1.54, 1.807) is 28.2 Å². The minimum Gasteiger partial charge on any atom is -0.508 e. The molecule has 0 radical (unpaired) electrons. The fraction of sp³-hybridized carbons (Fsp3) is 0.261. The van der Waals surface area contributed by atoms with Crippen molar-refractivity contribution in [3.8, 4) is 16.3 Å². The number of rotatable bonds is 3. The van der Waals surface area contributed by atoms with Gasteiger partial charge in [-0.1, -0.05) is 6.07 Å². The van der Waals surface area contributed by atoms with Gasteiger partial charge >= 0.3 is 0 Å². The predicted octanol–water partition coefficient (Wildman–Crippen LogP) is 3.67. The van der Waals surface area contributed by atoms with Crippen molar-refractivity contribution < 1.29 is 9.90 Å². The van der Waals surface area contributed by atoms with Gasteiger partial charge in [0.25, 0.3) is 5.91 Å². The standard InChI is InChI=1S/C23H23N5O2S/c1-15-21-18(14-19(20-4-3-13-31-20)24-22(21)26(2)25-15)23(30)28-11-9-27(10-12-28)16-5-7-17(29)8-6-16/h3-8,13-14,29H,9-12H2,1-2H3. The van der Waals surface area contributed by atoms with E-state index in [4.69, 9.17) is 4.98 Å². The zero-order valence-electron chi connectivity index (χ0n) is 17.4. The number of thiophene rings is 1. The van der Waals surface area contributed by atoms with Gasteiger partial charge in [-0.05, 0) is 48.7 Å². The molecule has 1 N–H and O–H groups in total. The van der Waals surface area contributed by atoms with E-state index in [0.29, 0.717) is 18.7 Å². The van der Waals surface area contributed by atoms with Crippen LogP contribution >= 0.6 is 11.3 Å². The number of nitrogens with zero attached hydrogens (tertiary/aromatic N) is 5. The summed E-state index contributed by atoms with van der Waals surface area (Å²) >= 11 is 1.61. The van der Waals surface area contributed by atoms with E-state index in [1.807, 2.05) is 54.6 Å². The molecule has 1 aliphatic rings. The first kappa shape index (κ1) is 19.6. The normalized spacial score (nSPS) is 14.4. The SMILES string of the molecule is Cc1nn(C)c2nc(-c3cccs3)cc(C(=O)N3CCN(c4ccc(O)cc4)CC3)c12. The number of phenolic OH excluding ortho intramolecular Hbond substituents is 1. The highest BCUT2D eigenvalue weighted by atomic mass is 32.1. The number of aromatic hydroxyl groups is 1. The number of aryl methyl sites for hydroxylation is 2. The summed E-state index contributed by atoms with van der Waals surface area (Å²) in [6.45, 7) is 4.69. The molecule has 1 saturated heterocycles. The van der Waals surface area contributed by atoms with Crippen molar-refractivity contribution in [1.82, 2.24) is 19.7 Å². The van der Waals surface area contributed by atoms with Gasteiger partial charge in [-0.15, -0.1) is 11.3 Å². The summed E-state index contributed by atoms with van der Waals surface area (Å²) in [4.78, 5) is 23.6. The zero-order chi connectivity index (χ0) is 21.5. The maximum atomic E-state index is 13.6. The number of carbonyl (C=O) groups is 1. The number of benzene rings is 1. The first-order valence-corrected chi connectivity index (χ1v) is 11.1. The summed E-state index contributed by atoms with van der Waals surface area (Å²) in [5, 5.41) is 16.9. The fourth-order valence-corrected chi connectivity index (χ4v) is 4.85. The largest absolute Gasteiger partial charge is 0.508 e. The van der Waals surface area contributed by atoms with E-state index >= 15 is 0 Å². The minimum atomic E-state index is 0.0201. The average molecular weight is 434 g/mol. The first-order valence-electron chi connectivity index (χ1n) is 10.2. The molecule has 1 aliphatic heterocycles. The van der Waals surface area contributed by atoms with E-state index in [0.717, 1.165) is 46.1 Å². The van der Waals surface area contributed by atoms with Gasteiger partial charge in [0, 0.05) is 38.9 Å². The highest BCUT2D eigenvalue weighted by Crippen LogP contribution is 2.30. The van der Waals surface area contributed by atoms with Gasteiger partial charge in [0.15, 0.2) is 5.65 Å². The number of hydrogen-bond donors (Lipinski definition) is 1. The van der Waals surface area contributed by atoms with Crippen LogP contribution in [0.4, 0.5) is 5.69 Å². The molecule has 0 bridgehead atoms. The number of fused-ring (bicyclic) bond motifs is 1. The summed E-state index contributed by atoms with van der Waals surface area (Å²) in [6.07, 6.45) is 0. The van der Waals surface area contributed by atoms with Crippen LogP contribution in [0.25, 0.3) is 21.6 Å². The van der Waals surface area contributed by atoms with Crippen LogP contribution < -0.4 is 4.90 Å². The Morgan fingerprint density at radius 2 is 1.84 bits per heavy atom. The van der Waals surface area contributed by atoms with Crippen LogP contribution in [0.3, 0.4) is 0 Å². The summed E-state index contributed by atoms with van der Waals surface area (Å²) in [6, 6.07) is 13.1. The Morgan fingerprint density at radius 3 is 2.52 bits per heavy atom. The van der Waals surface area contributed by atoms with Crippen molar-refractivity contribution in [3.63, 3.8) is 0 Å². The maximum Gasteiger partial charge on any atom is 0.254 e. The van der Waals surface area contributed by atoms with Crippen molar-refractivity contribution >= 4 is 34.0 Å². The second-order valence-corrected chi connectivity index (χ2v) is 8.68. The van der Waals surface area contributed by atoms with Crippen LogP contribution in [0.2, 0.25) is 0 Å². The Bertz CT molecular complexity index is 1240. The molecule has 0 spiro atoms. The van der Waals surface area contributed by atoms with E-state index < -0.39 is 0 Å². The summed E-state index contributed by atoms with van der Waals surface area (Å²) < 4.78 is 1.75. The lowest BCUT2D eigenvalue weighted by Crippen LogP contribution is -2.48. The Hall–Kier alpha value is -3.39. The Morgan fingerprint density at radius 1 is 1.10 bits per heavy atom. The third kappa shape index (κ3) is 3.53. The van der Waals surface area contributed by atoms with Crippen LogP contribution in [-0.4, -0.2) is 56.9 Å². The molecule has 8 heteroatoms. The third-order valence-electron chi connectivity index (χ3n) is 5.75. The number of anilines is 1. The molecule has 158 valence electrons. The van der Waals surface area contributed by atoms with Gasteiger partial charge in [0.2, 0.25) is 0 Å². The van der Waals surface area contributed by atoms with Crippen LogP contribution in [-0.2, 0) is 7.05 Å². The lowest BCUT2D eigenvalue weighted by atomic mass is 10.1. The molecule has 1 fully saturated rings. The first-order chi connectivity index (χ1) is 15.0. The fourth-order valence-electron chi connectivity index (χ4n) is 4.17. The average Bonchev–Trinajstić information content (AvgIpc) is 3.42. The van der Waals surface area contributed by atoms with Gasteiger partial charge in [-0.2, -0.15) is 5.10 Å². The van der Waals surface area contributed by atoms with E-state index in [-0.39, 0.29) is 11.7 Å². The lowest BCUT2D eigenvalue weighted by molar-refractivity contribution is 0.0748. The lowest BCUT2D eigenvalue weighted by Gasteiger charge is -2.36. The Labute approximate surface area is 184 Å². The second kappa shape index (κ2) is 7.70.